The van der Waals surface area contributed by atoms with Gasteiger partial charge in [0.1, 0.15) is 0 Å². The summed E-state index contributed by atoms with van der Waals surface area (Å²) in [4.78, 5) is 12.8. The zero-order valence-corrected chi connectivity index (χ0v) is 23.9. The number of amides is 1. The Balaban J connectivity index is 1.79. The number of benzene rings is 3. The number of hydrogen-bond donors (Lipinski definition) is 1. The van der Waals surface area contributed by atoms with E-state index in [9.17, 15) is 13.2 Å². The van der Waals surface area contributed by atoms with Crippen molar-refractivity contribution >= 4 is 61.3 Å². The molecule has 0 spiro atoms. The molecule has 1 N–H and O–H groups in total. The van der Waals surface area contributed by atoms with Crippen molar-refractivity contribution in [3.63, 3.8) is 0 Å². The second-order valence-electron chi connectivity index (χ2n) is 7.60. The second-order valence-corrected chi connectivity index (χ2v) is 11.3. The number of carbonyl (C=O) groups is 1. The van der Waals surface area contributed by atoms with Crippen molar-refractivity contribution in [1.29, 1.82) is 0 Å². The number of nitrogens with zero attached hydrogens (tertiary/aromatic N) is 2. The Hall–Kier alpha value is -2.63. The van der Waals surface area contributed by atoms with Gasteiger partial charge in [-0.3, -0.25) is 4.79 Å². The molecule has 37 heavy (non-hydrogen) atoms. The number of rotatable bonds is 11. The van der Waals surface area contributed by atoms with Crippen LogP contribution in [-0.2, 0) is 21.4 Å². The quantitative estimate of drug-likeness (QED) is 0.223. The highest BCUT2D eigenvalue weighted by Crippen LogP contribution is 2.28. The van der Waals surface area contributed by atoms with Crippen LogP contribution in [0.15, 0.2) is 75.1 Å². The molecule has 0 bridgehead atoms. The first-order valence-electron chi connectivity index (χ1n) is 11.0. The molecule has 0 aliphatic rings. The van der Waals surface area contributed by atoms with Gasteiger partial charge in [0.05, 0.1) is 31.4 Å². The smallest absolute Gasteiger partial charge is 0.255 e. The number of halogens is 3. The van der Waals surface area contributed by atoms with E-state index in [1.165, 1.54) is 31.5 Å². The fourth-order valence-corrected chi connectivity index (χ4v) is 5.34. The van der Waals surface area contributed by atoms with Gasteiger partial charge in [-0.05, 0) is 72.6 Å². The predicted molar refractivity (Wildman–Crippen MR) is 148 cm³/mol. The van der Waals surface area contributed by atoms with Crippen molar-refractivity contribution in [2.75, 3.05) is 20.3 Å². The van der Waals surface area contributed by atoms with E-state index in [4.69, 9.17) is 32.7 Å². The standard InChI is InChI=1S/C25H24BrCl2N3O5S/c1-3-36-23-11-4-17(12-24(23)35-2)14-29-30-25(32)16-31(15-18-5-8-20(27)13-22(18)28)37(33,34)21-9-6-19(26)7-10-21/h4-14H,3,15-16H2,1-2H3,(H,30,32)/b29-14+. The number of nitrogens with one attached hydrogen (secondary N) is 1. The summed E-state index contributed by atoms with van der Waals surface area (Å²) in [6.45, 7) is 1.70. The number of sulfonamides is 1. The largest absolute Gasteiger partial charge is 0.493 e. The monoisotopic (exact) mass is 627 g/mol. The number of ether oxygens (including phenoxy) is 2. The van der Waals surface area contributed by atoms with Gasteiger partial charge in [-0.15, -0.1) is 0 Å². The summed E-state index contributed by atoms with van der Waals surface area (Å²) < 4.78 is 39.4. The van der Waals surface area contributed by atoms with Crippen LogP contribution in [0.2, 0.25) is 10.0 Å². The van der Waals surface area contributed by atoms with E-state index >= 15 is 0 Å². The topological polar surface area (TPSA) is 97.3 Å². The van der Waals surface area contributed by atoms with Gasteiger partial charge in [0.2, 0.25) is 10.0 Å². The van der Waals surface area contributed by atoms with Crippen LogP contribution in [0.1, 0.15) is 18.1 Å². The van der Waals surface area contributed by atoms with Gasteiger partial charge in [0.15, 0.2) is 11.5 Å². The van der Waals surface area contributed by atoms with E-state index in [2.05, 4.69) is 26.5 Å². The first-order chi connectivity index (χ1) is 17.6. The van der Waals surface area contributed by atoms with Crippen molar-refractivity contribution in [1.82, 2.24) is 9.73 Å². The summed E-state index contributed by atoms with van der Waals surface area (Å²) in [6.07, 6.45) is 1.42. The van der Waals surface area contributed by atoms with E-state index < -0.39 is 22.5 Å². The average Bonchev–Trinajstić information content (AvgIpc) is 2.86. The lowest BCUT2D eigenvalue weighted by Gasteiger charge is -2.22. The summed E-state index contributed by atoms with van der Waals surface area (Å²) in [7, 11) is -2.53. The Morgan fingerprint density at radius 1 is 1.08 bits per heavy atom. The number of methoxy groups -OCH3 is 1. The molecule has 12 heteroatoms. The van der Waals surface area contributed by atoms with E-state index in [1.807, 2.05) is 6.92 Å². The minimum atomic E-state index is -4.06. The number of hydrogen-bond acceptors (Lipinski definition) is 6. The molecule has 0 unspecified atom stereocenters. The Labute approximate surface area is 234 Å². The highest BCUT2D eigenvalue weighted by molar-refractivity contribution is 9.10. The van der Waals surface area contributed by atoms with Crippen molar-refractivity contribution in [3.8, 4) is 11.5 Å². The summed E-state index contributed by atoms with van der Waals surface area (Å²) in [5.74, 6) is 0.462. The molecule has 0 aromatic heterocycles. The first kappa shape index (κ1) is 28.9. The molecule has 0 aliphatic heterocycles. The third-order valence-corrected chi connectivity index (χ3v) is 7.95. The van der Waals surface area contributed by atoms with Gasteiger partial charge in [0, 0.05) is 21.1 Å². The lowest BCUT2D eigenvalue weighted by atomic mass is 10.2. The minimum absolute atomic E-state index is 0.0265. The molecule has 0 aliphatic carbocycles. The van der Waals surface area contributed by atoms with Gasteiger partial charge >= 0.3 is 0 Å². The molecule has 0 heterocycles. The maximum atomic E-state index is 13.4. The van der Waals surface area contributed by atoms with Crippen LogP contribution in [0.5, 0.6) is 11.5 Å². The Kier molecular flexibility index (Phi) is 10.4. The summed E-state index contributed by atoms with van der Waals surface area (Å²) in [5.41, 5.74) is 3.51. The molecule has 0 atom stereocenters. The molecule has 0 fully saturated rings. The van der Waals surface area contributed by atoms with Crippen LogP contribution in [0, 0.1) is 0 Å². The molecular formula is C25H24BrCl2N3O5S. The van der Waals surface area contributed by atoms with Gasteiger partial charge in [0.25, 0.3) is 5.91 Å². The van der Waals surface area contributed by atoms with Gasteiger partial charge in [-0.1, -0.05) is 45.2 Å². The van der Waals surface area contributed by atoms with Crippen molar-refractivity contribution < 1.29 is 22.7 Å². The Bertz CT molecular complexity index is 1390. The fraction of sp³-hybridized carbons (Fsp3) is 0.200. The van der Waals surface area contributed by atoms with Crippen LogP contribution in [-0.4, -0.2) is 45.1 Å². The minimum Gasteiger partial charge on any atom is -0.493 e. The van der Waals surface area contributed by atoms with Crippen molar-refractivity contribution in [2.45, 2.75) is 18.4 Å². The van der Waals surface area contributed by atoms with Gasteiger partial charge < -0.3 is 9.47 Å². The zero-order valence-electron chi connectivity index (χ0n) is 19.9. The SMILES string of the molecule is CCOc1ccc(/C=N/NC(=O)CN(Cc2ccc(Cl)cc2Cl)S(=O)(=O)c2ccc(Br)cc2)cc1OC. The highest BCUT2D eigenvalue weighted by atomic mass is 79.9. The third-order valence-electron chi connectivity index (χ3n) is 5.02. The summed E-state index contributed by atoms with van der Waals surface area (Å²) in [5, 5.41) is 4.65. The molecule has 196 valence electrons. The van der Waals surface area contributed by atoms with Crippen molar-refractivity contribution in [3.05, 3.63) is 86.3 Å². The molecule has 3 rings (SSSR count). The molecule has 8 nitrogen and oxygen atoms in total. The lowest BCUT2D eigenvalue weighted by Crippen LogP contribution is -2.39. The zero-order chi connectivity index (χ0) is 27.0. The maximum Gasteiger partial charge on any atom is 0.255 e. The molecule has 1 amide bonds. The van der Waals surface area contributed by atoms with Crippen LogP contribution < -0.4 is 14.9 Å². The van der Waals surface area contributed by atoms with Gasteiger partial charge in [-0.25, -0.2) is 13.8 Å². The van der Waals surface area contributed by atoms with Crippen LogP contribution in [0.3, 0.4) is 0 Å². The van der Waals surface area contributed by atoms with Crippen LogP contribution >= 0.6 is 39.1 Å². The number of carbonyl (C=O) groups excluding carboxylic acids is 1. The molecule has 0 saturated carbocycles. The molecular weight excluding hydrogens is 605 g/mol. The first-order valence-corrected chi connectivity index (χ1v) is 13.9. The van der Waals surface area contributed by atoms with E-state index in [1.54, 1.807) is 42.5 Å². The fourth-order valence-electron chi connectivity index (χ4n) is 3.23. The van der Waals surface area contributed by atoms with E-state index in [-0.39, 0.29) is 16.5 Å². The normalized spacial score (nSPS) is 11.6. The average molecular weight is 629 g/mol. The Morgan fingerprint density at radius 3 is 2.46 bits per heavy atom. The molecule has 0 saturated heterocycles. The predicted octanol–water partition coefficient (Wildman–Crippen LogP) is 5.50. The highest BCUT2D eigenvalue weighted by Gasteiger charge is 2.27. The molecule has 0 radical (unpaired) electrons. The third kappa shape index (κ3) is 7.93. The number of hydrazone groups is 1. The van der Waals surface area contributed by atoms with E-state index in [0.29, 0.717) is 34.3 Å². The van der Waals surface area contributed by atoms with E-state index in [0.717, 1.165) is 8.78 Å². The molecule has 3 aromatic rings. The van der Waals surface area contributed by atoms with Crippen LogP contribution in [0.25, 0.3) is 0 Å². The maximum absolute atomic E-state index is 13.4. The van der Waals surface area contributed by atoms with Crippen molar-refractivity contribution in [2.24, 2.45) is 5.10 Å². The molecule has 3 aromatic carbocycles. The summed E-state index contributed by atoms with van der Waals surface area (Å²) >= 11 is 15.5. The second kappa shape index (κ2) is 13.3. The Morgan fingerprint density at radius 2 is 1.81 bits per heavy atom. The summed E-state index contributed by atoms with van der Waals surface area (Å²) in [6, 6.07) is 16.0. The van der Waals surface area contributed by atoms with Crippen LogP contribution in [0.4, 0.5) is 0 Å². The van der Waals surface area contributed by atoms with Gasteiger partial charge in [-0.2, -0.15) is 9.41 Å². The lowest BCUT2D eigenvalue weighted by molar-refractivity contribution is -0.121.